The molecule has 8 aromatic rings. The summed E-state index contributed by atoms with van der Waals surface area (Å²) in [6.45, 7) is 15.1. The molecule has 0 unspecified atom stereocenters. The second kappa shape index (κ2) is 31.2. The molecule has 99 heavy (non-hydrogen) atoms. The highest BCUT2D eigenvalue weighted by Gasteiger charge is 2.45. The summed E-state index contributed by atoms with van der Waals surface area (Å²) in [5, 5.41) is 14.5. The molecule has 23 heteroatoms. The van der Waals surface area contributed by atoms with Crippen molar-refractivity contribution < 1.29 is 47.7 Å². The van der Waals surface area contributed by atoms with Crippen LogP contribution in [-0.2, 0) is 14.1 Å². The lowest BCUT2D eigenvalue weighted by atomic mass is 9.99. The zero-order chi connectivity index (χ0) is 70.2. The molecule has 4 aliphatic rings. The van der Waals surface area contributed by atoms with Crippen LogP contribution in [0.2, 0.25) is 5.15 Å². The molecule has 2 N–H and O–H groups in total. The topological polar surface area (TPSA) is 218 Å². The first-order valence-corrected chi connectivity index (χ1v) is 34.0. The number of hydrogen-bond donors (Lipinski definition) is 2. The van der Waals surface area contributed by atoms with Crippen LogP contribution in [0.15, 0.2) is 140 Å². The minimum Gasteiger partial charge on any atom is -0.493 e. The summed E-state index contributed by atoms with van der Waals surface area (Å²) in [6.07, 6.45) is 3.24. The summed E-state index contributed by atoms with van der Waals surface area (Å²) in [5.41, 5.74) is 9.56. The number of piperazine rings is 2. The molecule has 2 fully saturated rings. The molecule has 0 radical (unpaired) electrons. The van der Waals surface area contributed by atoms with Crippen molar-refractivity contribution in [3.05, 3.63) is 212 Å². The molecule has 22 nitrogen and oxygen atoms in total. The van der Waals surface area contributed by atoms with Gasteiger partial charge in [-0.1, -0.05) is 96.5 Å². The number of rotatable bonds is 24. The van der Waals surface area contributed by atoms with E-state index in [9.17, 15) is 28.8 Å². The minimum absolute atomic E-state index is 0.195. The number of anilines is 2. The van der Waals surface area contributed by atoms with E-state index in [1.807, 2.05) is 75.5 Å². The maximum Gasteiger partial charge on any atom is 0.264 e. The van der Waals surface area contributed by atoms with Crippen molar-refractivity contribution in [3.8, 4) is 23.0 Å². The number of carbonyl (C=O) groups excluding carboxylic acids is 6. The van der Waals surface area contributed by atoms with Crippen LogP contribution in [-0.4, -0.2) is 168 Å². The maximum atomic E-state index is 14.5. The fourth-order valence-electron chi connectivity index (χ4n) is 14.1. The molecule has 12 rings (SSSR count). The van der Waals surface area contributed by atoms with Gasteiger partial charge in [0.05, 0.1) is 97.2 Å². The van der Waals surface area contributed by atoms with E-state index in [2.05, 4.69) is 103 Å². The van der Waals surface area contributed by atoms with Gasteiger partial charge < -0.3 is 39.4 Å². The summed E-state index contributed by atoms with van der Waals surface area (Å²) in [7, 11) is 9.70. The van der Waals surface area contributed by atoms with E-state index in [0.29, 0.717) is 95.3 Å². The molecule has 4 atom stereocenters. The predicted octanol–water partition coefficient (Wildman–Crippen LogP) is 11.0. The largest absolute Gasteiger partial charge is 0.493 e. The van der Waals surface area contributed by atoms with Gasteiger partial charge in [0.15, 0.2) is 23.0 Å². The lowest BCUT2D eigenvalue weighted by molar-refractivity contribution is 0.0556. The van der Waals surface area contributed by atoms with Gasteiger partial charge in [0.25, 0.3) is 35.4 Å². The normalized spacial score (nSPS) is 16.0. The van der Waals surface area contributed by atoms with Gasteiger partial charge >= 0.3 is 0 Å². The zero-order valence-electron chi connectivity index (χ0n) is 57.9. The molecule has 518 valence electrons. The van der Waals surface area contributed by atoms with Crippen LogP contribution < -0.4 is 39.4 Å². The van der Waals surface area contributed by atoms with Crippen LogP contribution in [0.3, 0.4) is 0 Å². The number of hydrogen-bond acceptors (Lipinski definition) is 16. The van der Waals surface area contributed by atoms with E-state index in [1.165, 1.54) is 31.8 Å². The Balaban J connectivity index is 0.000000200. The van der Waals surface area contributed by atoms with Gasteiger partial charge in [-0.2, -0.15) is 10.2 Å². The van der Waals surface area contributed by atoms with Crippen molar-refractivity contribution in [2.45, 2.75) is 77.5 Å². The predicted molar refractivity (Wildman–Crippen MR) is 380 cm³/mol. The van der Waals surface area contributed by atoms with Gasteiger partial charge in [-0.05, 0) is 124 Å². The van der Waals surface area contributed by atoms with Crippen molar-refractivity contribution in [3.63, 3.8) is 0 Å². The number of halogens is 1. The van der Waals surface area contributed by atoms with Crippen LogP contribution in [0, 0.1) is 13.8 Å². The second-order valence-electron chi connectivity index (χ2n) is 25.3. The number of fused-ring (bicyclic) bond motifs is 2. The first-order valence-electron chi connectivity index (χ1n) is 33.6. The summed E-state index contributed by atoms with van der Waals surface area (Å²) in [5.74, 6) is 0.232. The standard InChI is InChI=1S/C39H46N6O5.C37H41ClN6O5/c1-25-35(27(3)42(4)41-25)37(46)40-19-11-16-31(29-17-18-33(49-5)34(24-29)50-6)45-38(47)30-14-10-15-32(36(30)39(45)48)44-22-20-43(21-23-44)26(2)28-12-8-7-9-13-28;1-24(25-10-6-5-7-11-25)42-18-20-43(21-19-42)30-13-8-12-27-33(30)37(47)44(36(27)46)29(26-15-16-31(48-3)32(22-26)49-4)14-9-17-39-35(45)28-23-40-41(2)34(28)38/h7-10,12-15,17-18,24,26,31H,11,16,19-23H2,1-6H3,(H,40,46);5-8,10-13,15-16,22-24,29H,9,14,17-21H2,1-4H3,(H,39,45)/t26-,31-;24-,29-/m11/s1. The van der Waals surface area contributed by atoms with E-state index in [4.69, 9.17) is 30.5 Å². The Bertz CT molecular complexity index is 4260. The molecule has 0 aliphatic carbocycles. The number of imide groups is 2. The molecule has 2 aromatic heterocycles. The molecule has 6 heterocycles. The molecular formula is C76H87ClN12O10. The lowest BCUT2D eigenvalue weighted by Crippen LogP contribution is -2.47. The molecule has 0 spiro atoms. The third-order valence-corrected chi connectivity index (χ3v) is 20.2. The van der Waals surface area contributed by atoms with Crippen LogP contribution >= 0.6 is 11.6 Å². The van der Waals surface area contributed by atoms with Gasteiger partial charge in [-0.15, -0.1) is 0 Å². The molecule has 4 aliphatic heterocycles. The van der Waals surface area contributed by atoms with E-state index >= 15 is 0 Å². The number of aromatic nitrogens is 4. The quantitative estimate of drug-likeness (QED) is 0.0424. The Morgan fingerprint density at radius 2 is 0.929 bits per heavy atom. The van der Waals surface area contributed by atoms with E-state index in [1.54, 1.807) is 70.5 Å². The number of benzene rings is 6. The SMILES string of the molecule is COc1ccc([C@@H](CCCNC(=O)c2c(C)nn(C)c2C)N2C(=O)c3cccc(N4CCN([C@H](C)c5ccccc5)CC4)c3C2=O)cc1OC.COc1ccc([C@@H](CCCNC(=O)c2cnn(C)c2Cl)N2C(=O)c3cccc(N4CCN([C@H](C)c5ccccc5)CC4)c3C2=O)cc1OC. The summed E-state index contributed by atoms with van der Waals surface area (Å²) in [6, 6.07) is 42.3. The Labute approximate surface area is 583 Å². The average molecular weight is 1360 g/mol. The van der Waals surface area contributed by atoms with Crippen LogP contribution in [0.1, 0.15) is 159 Å². The van der Waals surface area contributed by atoms with Gasteiger partial charge in [-0.3, -0.25) is 57.7 Å². The molecular weight excluding hydrogens is 1280 g/mol. The van der Waals surface area contributed by atoms with Crippen LogP contribution in [0.25, 0.3) is 0 Å². The zero-order valence-corrected chi connectivity index (χ0v) is 58.7. The smallest absolute Gasteiger partial charge is 0.264 e. The Morgan fingerprint density at radius 1 is 0.505 bits per heavy atom. The van der Waals surface area contributed by atoms with Gasteiger partial charge in [0, 0.05) is 97.3 Å². The minimum atomic E-state index is -0.623. The van der Waals surface area contributed by atoms with Crippen molar-refractivity contribution >= 4 is 58.4 Å². The Morgan fingerprint density at radius 3 is 1.31 bits per heavy atom. The number of aryl methyl sites for hydroxylation is 3. The summed E-state index contributed by atoms with van der Waals surface area (Å²) in [4.78, 5) is 95.1. The number of methoxy groups -OCH3 is 4. The van der Waals surface area contributed by atoms with Gasteiger partial charge in [-0.25, -0.2) is 0 Å². The maximum absolute atomic E-state index is 14.5. The first kappa shape index (κ1) is 70.3. The average Bonchev–Trinajstić information content (AvgIpc) is 1.61. The Hall–Kier alpha value is -10.0. The highest BCUT2D eigenvalue weighted by Crippen LogP contribution is 2.43. The third kappa shape index (κ3) is 14.6. The summed E-state index contributed by atoms with van der Waals surface area (Å²) >= 11 is 6.21. The van der Waals surface area contributed by atoms with Crippen molar-refractivity contribution in [1.29, 1.82) is 0 Å². The first-order chi connectivity index (χ1) is 47.9. The third-order valence-electron chi connectivity index (χ3n) is 19.8. The van der Waals surface area contributed by atoms with Gasteiger partial charge in [0.2, 0.25) is 0 Å². The highest BCUT2D eigenvalue weighted by atomic mass is 35.5. The second-order valence-corrected chi connectivity index (χ2v) is 25.6. The van der Waals surface area contributed by atoms with Crippen molar-refractivity contribution in [2.75, 3.05) is 104 Å². The molecule has 6 aromatic carbocycles. The van der Waals surface area contributed by atoms with Crippen molar-refractivity contribution in [2.24, 2.45) is 14.1 Å². The number of nitrogens with zero attached hydrogens (tertiary/aromatic N) is 10. The molecule has 0 bridgehead atoms. The fraction of sp³-hybridized carbons (Fsp3) is 0.368. The monoisotopic (exact) mass is 1360 g/mol. The van der Waals surface area contributed by atoms with Gasteiger partial charge in [0.1, 0.15) is 5.15 Å². The van der Waals surface area contributed by atoms with E-state index in [-0.39, 0.29) is 58.2 Å². The van der Waals surface area contributed by atoms with Crippen LogP contribution in [0.4, 0.5) is 11.4 Å². The number of amides is 6. The van der Waals surface area contributed by atoms with E-state index < -0.39 is 12.1 Å². The molecule has 6 amide bonds. The Kier molecular flexibility index (Phi) is 22.2. The van der Waals surface area contributed by atoms with Crippen LogP contribution in [0.5, 0.6) is 23.0 Å². The number of nitrogens with one attached hydrogen (secondary N) is 2. The summed E-state index contributed by atoms with van der Waals surface area (Å²) < 4.78 is 25.2. The lowest BCUT2D eigenvalue weighted by Gasteiger charge is -2.39. The van der Waals surface area contributed by atoms with E-state index in [0.717, 1.165) is 80.6 Å². The fourth-order valence-corrected chi connectivity index (χ4v) is 14.3. The number of carbonyl (C=O) groups is 6. The molecule has 0 saturated carbocycles. The number of ether oxygens (including phenoxy) is 4. The molecule has 2 saturated heterocycles. The highest BCUT2D eigenvalue weighted by molar-refractivity contribution is 6.32. The van der Waals surface area contributed by atoms with Crippen molar-refractivity contribution in [1.82, 2.24) is 49.8 Å².